The van der Waals surface area contributed by atoms with E-state index in [1.54, 1.807) is 0 Å². The van der Waals surface area contributed by atoms with Gasteiger partial charge in [-0.25, -0.2) is 0 Å². The van der Waals surface area contributed by atoms with E-state index < -0.39 is 0 Å². The number of rotatable bonds is 6. The molecular weight excluding hydrogens is 278 g/mol. The van der Waals surface area contributed by atoms with E-state index in [4.69, 9.17) is 26.2 Å². The van der Waals surface area contributed by atoms with Crippen molar-refractivity contribution in [1.29, 1.82) is 0 Å². The number of nitrogens with zero attached hydrogens (tertiary/aromatic N) is 1. The highest BCUT2D eigenvalue weighted by atomic mass is 35.5. The molecule has 4 nitrogen and oxygen atoms in total. The highest BCUT2D eigenvalue weighted by molar-refractivity contribution is 6.32. The lowest BCUT2D eigenvalue weighted by molar-refractivity contribution is 0.203. The van der Waals surface area contributed by atoms with Crippen LogP contribution in [0.25, 0.3) is 0 Å². The number of ether oxygens (including phenoxy) is 2. The first-order valence-corrected chi connectivity index (χ1v) is 7.14. The van der Waals surface area contributed by atoms with Crippen molar-refractivity contribution in [2.75, 3.05) is 32.9 Å². The minimum Gasteiger partial charge on any atom is -0.489 e. The fourth-order valence-corrected chi connectivity index (χ4v) is 2.48. The van der Waals surface area contributed by atoms with E-state index in [0.717, 1.165) is 12.0 Å². The van der Waals surface area contributed by atoms with Crippen LogP contribution in [-0.2, 0) is 6.54 Å². The molecule has 0 spiro atoms. The first kappa shape index (κ1) is 15.2. The molecule has 110 valence electrons. The Kier molecular flexibility index (Phi) is 5.71. The molecule has 1 aromatic rings. The zero-order valence-electron chi connectivity index (χ0n) is 11.5. The lowest BCUT2D eigenvalue weighted by Crippen LogP contribution is -2.26. The minimum absolute atomic E-state index is 0.117. The van der Waals surface area contributed by atoms with E-state index in [1.165, 1.54) is 0 Å². The molecule has 0 radical (unpaired) electrons. The third-order valence-electron chi connectivity index (χ3n) is 3.07. The summed E-state index contributed by atoms with van der Waals surface area (Å²) in [6, 6.07) is 3.85. The summed E-state index contributed by atoms with van der Waals surface area (Å²) in [5.41, 5.74) is 1.04. The van der Waals surface area contributed by atoms with Crippen molar-refractivity contribution in [3.05, 3.63) is 35.4 Å². The summed E-state index contributed by atoms with van der Waals surface area (Å²) in [7, 11) is 0. The van der Waals surface area contributed by atoms with Gasteiger partial charge in [-0.15, -0.1) is 6.58 Å². The summed E-state index contributed by atoms with van der Waals surface area (Å²) in [4.78, 5) is 2.09. The predicted molar refractivity (Wildman–Crippen MR) is 79.6 cm³/mol. The zero-order valence-corrected chi connectivity index (χ0v) is 12.2. The maximum atomic E-state index is 9.08. The van der Waals surface area contributed by atoms with E-state index in [2.05, 4.69) is 11.5 Å². The van der Waals surface area contributed by atoms with Gasteiger partial charge in [0.05, 0.1) is 24.8 Å². The predicted octanol–water partition coefficient (Wildman–Crippen LogP) is 2.48. The summed E-state index contributed by atoms with van der Waals surface area (Å²) in [6.07, 6.45) is 2.67. The Morgan fingerprint density at radius 3 is 2.90 bits per heavy atom. The maximum Gasteiger partial charge on any atom is 0.179 e. The second kappa shape index (κ2) is 7.53. The van der Waals surface area contributed by atoms with Gasteiger partial charge in [0.1, 0.15) is 0 Å². The van der Waals surface area contributed by atoms with Gasteiger partial charge < -0.3 is 14.6 Å². The number of fused-ring (bicyclic) bond motifs is 1. The standard InChI is InChI=1S/C15H20ClNO3/c1-2-4-17(5-6-18)11-12-9-13(16)15-14(10-12)19-7-3-8-20-15/h2,9-10,18H,1,3-8,11H2. The maximum absolute atomic E-state index is 9.08. The molecule has 20 heavy (non-hydrogen) atoms. The van der Waals surface area contributed by atoms with Crippen LogP contribution < -0.4 is 9.47 Å². The van der Waals surface area contributed by atoms with Crippen LogP contribution in [0, 0.1) is 0 Å². The van der Waals surface area contributed by atoms with Crippen LogP contribution in [0.3, 0.4) is 0 Å². The Hall–Kier alpha value is -1.23. The van der Waals surface area contributed by atoms with Gasteiger partial charge >= 0.3 is 0 Å². The number of benzene rings is 1. The van der Waals surface area contributed by atoms with Crippen LogP contribution in [0.4, 0.5) is 0 Å². The van der Waals surface area contributed by atoms with Gasteiger partial charge in [-0.3, -0.25) is 4.90 Å². The van der Waals surface area contributed by atoms with Crippen LogP contribution in [0.5, 0.6) is 11.5 Å². The Morgan fingerprint density at radius 2 is 2.15 bits per heavy atom. The molecule has 0 unspecified atom stereocenters. The van der Waals surface area contributed by atoms with Gasteiger partial charge in [0.15, 0.2) is 11.5 Å². The lowest BCUT2D eigenvalue weighted by Gasteiger charge is -2.20. The highest BCUT2D eigenvalue weighted by Gasteiger charge is 2.16. The molecule has 0 saturated carbocycles. The largest absolute Gasteiger partial charge is 0.489 e. The third-order valence-corrected chi connectivity index (χ3v) is 3.35. The van der Waals surface area contributed by atoms with Gasteiger partial charge in [-0.2, -0.15) is 0 Å². The van der Waals surface area contributed by atoms with Crippen molar-refractivity contribution in [3.63, 3.8) is 0 Å². The molecule has 2 rings (SSSR count). The molecule has 5 heteroatoms. The molecule has 1 heterocycles. The summed E-state index contributed by atoms with van der Waals surface area (Å²) in [5, 5.41) is 9.65. The summed E-state index contributed by atoms with van der Waals surface area (Å²) in [6.45, 7) is 7.10. The van der Waals surface area contributed by atoms with E-state index in [9.17, 15) is 0 Å². The van der Waals surface area contributed by atoms with Crippen molar-refractivity contribution >= 4 is 11.6 Å². The normalized spacial score (nSPS) is 14.2. The molecular formula is C15H20ClNO3. The highest BCUT2D eigenvalue weighted by Crippen LogP contribution is 2.38. The van der Waals surface area contributed by atoms with E-state index in [0.29, 0.717) is 49.4 Å². The van der Waals surface area contributed by atoms with Crippen LogP contribution >= 0.6 is 11.6 Å². The second-order valence-corrected chi connectivity index (χ2v) is 5.11. The molecule has 0 aromatic heterocycles. The first-order chi connectivity index (χ1) is 9.74. The van der Waals surface area contributed by atoms with Crippen molar-refractivity contribution < 1.29 is 14.6 Å². The summed E-state index contributed by atoms with van der Waals surface area (Å²) >= 11 is 6.26. The molecule has 0 bridgehead atoms. The Balaban J connectivity index is 2.17. The fourth-order valence-electron chi connectivity index (χ4n) is 2.19. The van der Waals surface area contributed by atoms with E-state index in [-0.39, 0.29) is 6.61 Å². The molecule has 1 aliphatic rings. The zero-order chi connectivity index (χ0) is 14.4. The SMILES string of the molecule is C=CCN(CCO)Cc1cc(Cl)c2c(c1)OCCCO2. The van der Waals surface area contributed by atoms with Crippen molar-refractivity contribution in [3.8, 4) is 11.5 Å². The lowest BCUT2D eigenvalue weighted by atomic mass is 10.2. The van der Waals surface area contributed by atoms with Gasteiger partial charge in [-0.1, -0.05) is 17.7 Å². The number of halogens is 1. The summed E-state index contributed by atoms with van der Waals surface area (Å²) < 4.78 is 11.3. The Morgan fingerprint density at radius 1 is 1.35 bits per heavy atom. The topological polar surface area (TPSA) is 41.9 Å². The Bertz CT molecular complexity index is 465. The number of aliphatic hydroxyl groups excluding tert-OH is 1. The first-order valence-electron chi connectivity index (χ1n) is 6.76. The molecule has 0 aliphatic carbocycles. The van der Waals surface area contributed by atoms with Gasteiger partial charge in [0.25, 0.3) is 0 Å². The minimum atomic E-state index is 0.117. The van der Waals surface area contributed by atoms with Crippen LogP contribution in [-0.4, -0.2) is 42.9 Å². The van der Waals surface area contributed by atoms with E-state index >= 15 is 0 Å². The average Bonchev–Trinajstić information content (AvgIpc) is 2.65. The van der Waals surface area contributed by atoms with Crippen molar-refractivity contribution in [2.24, 2.45) is 0 Å². The average molecular weight is 298 g/mol. The van der Waals surface area contributed by atoms with Crippen molar-refractivity contribution in [2.45, 2.75) is 13.0 Å². The molecule has 1 aromatic carbocycles. The van der Waals surface area contributed by atoms with Gasteiger partial charge in [0, 0.05) is 26.1 Å². The monoisotopic (exact) mass is 297 g/mol. The molecule has 0 atom stereocenters. The van der Waals surface area contributed by atoms with Crippen LogP contribution in [0.1, 0.15) is 12.0 Å². The second-order valence-electron chi connectivity index (χ2n) is 4.70. The smallest absolute Gasteiger partial charge is 0.179 e. The van der Waals surface area contributed by atoms with Gasteiger partial charge in [0.2, 0.25) is 0 Å². The van der Waals surface area contributed by atoms with Gasteiger partial charge in [-0.05, 0) is 17.7 Å². The molecule has 0 fully saturated rings. The number of hydrogen-bond acceptors (Lipinski definition) is 4. The number of hydrogen-bond donors (Lipinski definition) is 1. The van der Waals surface area contributed by atoms with E-state index in [1.807, 2.05) is 18.2 Å². The van der Waals surface area contributed by atoms with Crippen LogP contribution in [0.15, 0.2) is 24.8 Å². The summed E-state index contributed by atoms with van der Waals surface area (Å²) in [5.74, 6) is 1.33. The molecule has 1 N–H and O–H groups in total. The third kappa shape index (κ3) is 3.88. The molecule has 1 aliphatic heterocycles. The van der Waals surface area contributed by atoms with Crippen molar-refractivity contribution in [1.82, 2.24) is 4.90 Å². The Labute approximate surface area is 124 Å². The molecule has 0 amide bonds. The molecule has 0 saturated heterocycles. The quantitative estimate of drug-likeness (QED) is 0.819. The van der Waals surface area contributed by atoms with Crippen LogP contribution in [0.2, 0.25) is 5.02 Å². The fraction of sp³-hybridized carbons (Fsp3) is 0.467. The number of aliphatic hydroxyl groups is 1.